The molecule has 1 aromatic rings. The van der Waals surface area contributed by atoms with Crippen LogP contribution >= 0.6 is 15.9 Å². The first-order valence-corrected chi connectivity index (χ1v) is 9.28. The molecule has 0 unspecified atom stereocenters. The van der Waals surface area contributed by atoms with Crippen LogP contribution in [0.4, 0.5) is 5.82 Å². The van der Waals surface area contributed by atoms with E-state index in [2.05, 4.69) is 42.0 Å². The molecule has 21 heavy (non-hydrogen) atoms. The molecule has 1 aliphatic carbocycles. The highest BCUT2D eigenvalue weighted by molar-refractivity contribution is 9.10. The van der Waals surface area contributed by atoms with Gasteiger partial charge < -0.3 is 5.32 Å². The van der Waals surface area contributed by atoms with Crippen LogP contribution in [0.15, 0.2) is 4.47 Å². The number of nitrogens with zero attached hydrogens (tertiary/aromatic N) is 2. The average Bonchev–Trinajstić information content (AvgIpc) is 2.51. The van der Waals surface area contributed by atoms with E-state index >= 15 is 0 Å². The van der Waals surface area contributed by atoms with Crippen LogP contribution in [0.2, 0.25) is 0 Å². The second-order valence-corrected chi connectivity index (χ2v) is 6.89. The molecule has 1 N–H and O–H groups in total. The third kappa shape index (κ3) is 4.18. The number of hydrogen-bond donors (Lipinski definition) is 1. The van der Waals surface area contributed by atoms with Gasteiger partial charge in [-0.15, -0.1) is 0 Å². The summed E-state index contributed by atoms with van der Waals surface area (Å²) in [4.78, 5) is 9.69. The predicted octanol–water partition coefficient (Wildman–Crippen LogP) is 5.31. The summed E-state index contributed by atoms with van der Waals surface area (Å²) >= 11 is 3.67. The van der Waals surface area contributed by atoms with Crippen LogP contribution in [0, 0.1) is 5.92 Å². The summed E-state index contributed by atoms with van der Waals surface area (Å²) in [7, 11) is 0. The molecule has 4 heteroatoms. The van der Waals surface area contributed by atoms with Crippen LogP contribution in [0.1, 0.15) is 76.7 Å². The van der Waals surface area contributed by atoms with E-state index < -0.39 is 0 Å². The molecule has 0 saturated heterocycles. The van der Waals surface area contributed by atoms with E-state index in [-0.39, 0.29) is 0 Å². The molecule has 118 valence electrons. The van der Waals surface area contributed by atoms with Crippen molar-refractivity contribution in [1.82, 2.24) is 9.97 Å². The molecule has 0 aromatic carbocycles. The molecular weight excluding hydrogens is 326 g/mol. The molecule has 1 saturated carbocycles. The molecule has 0 amide bonds. The lowest BCUT2D eigenvalue weighted by atomic mass is 9.80. The highest BCUT2D eigenvalue weighted by atomic mass is 79.9. The summed E-state index contributed by atoms with van der Waals surface area (Å²) in [5, 5.41) is 3.38. The SMILES string of the molecule is CCCc1nc(C2CCC(CC)CC2)nc(NCC)c1Br. The summed E-state index contributed by atoms with van der Waals surface area (Å²) < 4.78 is 1.05. The first-order chi connectivity index (χ1) is 10.2. The number of halogens is 1. The van der Waals surface area contributed by atoms with E-state index in [0.29, 0.717) is 5.92 Å². The summed E-state index contributed by atoms with van der Waals surface area (Å²) in [6.07, 6.45) is 8.61. The Morgan fingerprint density at radius 1 is 1.10 bits per heavy atom. The van der Waals surface area contributed by atoms with Gasteiger partial charge in [-0.3, -0.25) is 0 Å². The summed E-state index contributed by atoms with van der Waals surface area (Å²) in [5.74, 6) is 3.50. The van der Waals surface area contributed by atoms with Gasteiger partial charge in [-0.25, -0.2) is 9.97 Å². The van der Waals surface area contributed by atoms with E-state index in [1.807, 2.05) is 0 Å². The molecule has 1 fully saturated rings. The zero-order chi connectivity index (χ0) is 15.2. The summed E-state index contributed by atoms with van der Waals surface area (Å²) in [5.41, 5.74) is 1.16. The van der Waals surface area contributed by atoms with Crippen LogP contribution in [-0.2, 0) is 6.42 Å². The minimum atomic E-state index is 0.550. The Bertz CT molecular complexity index is 426. The Hall–Kier alpha value is -0.640. The highest BCUT2D eigenvalue weighted by Gasteiger charge is 2.24. The van der Waals surface area contributed by atoms with Crippen molar-refractivity contribution in [2.24, 2.45) is 5.92 Å². The van der Waals surface area contributed by atoms with Crippen molar-refractivity contribution in [3.8, 4) is 0 Å². The van der Waals surface area contributed by atoms with Crippen molar-refractivity contribution in [3.63, 3.8) is 0 Å². The second-order valence-electron chi connectivity index (χ2n) is 6.10. The van der Waals surface area contributed by atoms with Crippen molar-refractivity contribution >= 4 is 21.7 Å². The van der Waals surface area contributed by atoms with Crippen LogP contribution in [0.3, 0.4) is 0 Å². The molecule has 2 rings (SSSR count). The molecule has 1 heterocycles. The maximum absolute atomic E-state index is 4.88. The smallest absolute Gasteiger partial charge is 0.144 e. The fourth-order valence-corrected chi connectivity index (χ4v) is 3.73. The minimum absolute atomic E-state index is 0.550. The molecule has 0 bridgehead atoms. The topological polar surface area (TPSA) is 37.8 Å². The number of hydrogen-bond acceptors (Lipinski definition) is 3. The van der Waals surface area contributed by atoms with Gasteiger partial charge >= 0.3 is 0 Å². The van der Waals surface area contributed by atoms with Gasteiger partial charge in [0.1, 0.15) is 11.6 Å². The monoisotopic (exact) mass is 353 g/mol. The van der Waals surface area contributed by atoms with Crippen molar-refractivity contribution in [2.45, 2.75) is 71.6 Å². The Morgan fingerprint density at radius 3 is 2.38 bits per heavy atom. The fourth-order valence-electron chi connectivity index (χ4n) is 3.21. The van der Waals surface area contributed by atoms with Crippen molar-refractivity contribution < 1.29 is 0 Å². The molecule has 1 aromatic heterocycles. The Balaban J connectivity index is 2.22. The highest BCUT2D eigenvalue weighted by Crippen LogP contribution is 2.37. The minimum Gasteiger partial charge on any atom is -0.369 e. The Labute approximate surface area is 137 Å². The molecule has 0 atom stereocenters. The van der Waals surface area contributed by atoms with Gasteiger partial charge in [0.2, 0.25) is 0 Å². The lowest BCUT2D eigenvalue weighted by Gasteiger charge is -2.27. The first-order valence-electron chi connectivity index (χ1n) is 8.49. The van der Waals surface area contributed by atoms with E-state index in [4.69, 9.17) is 9.97 Å². The van der Waals surface area contributed by atoms with Gasteiger partial charge in [-0.1, -0.05) is 26.7 Å². The number of rotatable bonds is 6. The zero-order valence-corrected chi connectivity index (χ0v) is 15.2. The van der Waals surface area contributed by atoms with Gasteiger partial charge in [0.25, 0.3) is 0 Å². The van der Waals surface area contributed by atoms with Gasteiger partial charge in [0, 0.05) is 12.5 Å². The first kappa shape index (κ1) is 16.7. The van der Waals surface area contributed by atoms with Crippen LogP contribution < -0.4 is 5.32 Å². The Morgan fingerprint density at radius 2 is 1.81 bits per heavy atom. The number of aromatic nitrogens is 2. The average molecular weight is 354 g/mol. The normalized spacial score (nSPS) is 22.3. The fraction of sp³-hybridized carbons (Fsp3) is 0.765. The third-order valence-corrected chi connectivity index (χ3v) is 5.39. The number of aryl methyl sites for hydroxylation is 1. The summed E-state index contributed by atoms with van der Waals surface area (Å²) in [6, 6.07) is 0. The van der Waals surface area contributed by atoms with Crippen molar-refractivity contribution in [1.29, 1.82) is 0 Å². The molecule has 3 nitrogen and oxygen atoms in total. The van der Waals surface area contributed by atoms with Crippen LogP contribution in [-0.4, -0.2) is 16.5 Å². The molecule has 0 spiro atoms. The second kappa shape index (κ2) is 8.11. The van der Waals surface area contributed by atoms with Gasteiger partial charge in [-0.2, -0.15) is 0 Å². The maximum Gasteiger partial charge on any atom is 0.144 e. The van der Waals surface area contributed by atoms with E-state index in [1.165, 1.54) is 32.1 Å². The zero-order valence-electron chi connectivity index (χ0n) is 13.6. The molecule has 0 radical (unpaired) electrons. The van der Waals surface area contributed by atoms with Crippen LogP contribution in [0.5, 0.6) is 0 Å². The Kier molecular flexibility index (Phi) is 6.46. The summed E-state index contributed by atoms with van der Waals surface area (Å²) in [6.45, 7) is 7.51. The molecule has 0 aliphatic heterocycles. The standard InChI is InChI=1S/C17H28BrN3/c1-4-7-14-15(18)17(19-6-3)21-16(20-14)13-10-8-12(5-2)9-11-13/h12-13H,4-11H2,1-3H3,(H,19,20,21). The quantitative estimate of drug-likeness (QED) is 0.753. The van der Waals surface area contributed by atoms with Crippen LogP contribution in [0.25, 0.3) is 0 Å². The lowest BCUT2D eigenvalue weighted by molar-refractivity contribution is 0.312. The van der Waals surface area contributed by atoms with Gasteiger partial charge in [0.05, 0.1) is 10.2 Å². The maximum atomic E-state index is 4.88. The van der Waals surface area contributed by atoms with Gasteiger partial charge in [-0.05, 0) is 60.9 Å². The van der Waals surface area contributed by atoms with Crippen molar-refractivity contribution in [2.75, 3.05) is 11.9 Å². The number of nitrogens with one attached hydrogen (secondary N) is 1. The van der Waals surface area contributed by atoms with Gasteiger partial charge in [0.15, 0.2) is 0 Å². The predicted molar refractivity (Wildman–Crippen MR) is 92.9 cm³/mol. The van der Waals surface area contributed by atoms with E-state index in [1.54, 1.807) is 0 Å². The molecule has 1 aliphatic rings. The number of anilines is 1. The van der Waals surface area contributed by atoms with E-state index in [0.717, 1.165) is 47.1 Å². The van der Waals surface area contributed by atoms with E-state index in [9.17, 15) is 0 Å². The third-order valence-electron chi connectivity index (χ3n) is 4.56. The van der Waals surface area contributed by atoms with Crippen molar-refractivity contribution in [3.05, 3.63) is 16.0 Å². The largest absolute Gasteiger partial charge is 0.369 e. The molecular formula is C17H28BrN3. The lowest BCUT2D eigenvalue weighted by Crippen LogP contribution is -2.17.